The van der Waals surface area contributed by atoms with E-state index in [0.29, 0.717) is 5.52 Å². The Morgan fingerprint density at radius 3 is 2.83 bits per heavy atom. The average molecular weight is 242 g/mol. The van der Waals surface area contributed by atoms with Crippen LogP contribution in [-0.4, -0.2) is 15.5 Å². The zero-order valence-electron chi connectivity index (χ0n) is 10.1. The van der Waals surface area contributed by atoms with Gasteiger partial charge < -0.3 is 0 Å². The van der Waals surface area contributed by atoms with Gasteiger partial charge >= 0.3 is 0 Å². The van der Waals surface area contributed by atoms with Crippen LogP contribution in [0.3, 0.4) is 0 Å². The van der Waals surface area contributed by atoms with E-state index < -0.39 is 0 Å². The fourth-order valence-corrected chi connectivity index (χ4v) is 2.28. The third-order valence-corrected chi connectivity index (χ3v) is 3.13. The summed E-state index contributed by atoms with van der Waals surface area (Å²) in [6.45, 7) is 3.44. The maximum Gasteiger partial charge on any atom is 0.227 e. The predicted molar refractivity (Wildman–Crippen MR) is 68.2 cm³/mol. The van der Waals surface area contributed by atoms with Crippen molar-refractivity contribution in [2.45, 2.75) is 13.8 Å². The minimum Gasteiger partial charge on any atom is -0.286 e. The Morgan fingerprint density at radius 1 is 1.33 bits per heavy atom. The number of rotatable bonds is 0. The Hall–Kier alpha value is -2.23. The first-order chi connectivity index (χ1) is 8.58. The third-order valence-electron chi connectivity index (χ3n) is 3.13. The minimum atomic E-state index is -0.327. The van der Waals surface area contributed by atoms with Crippen molar-refractivity contribution < 1.29 is 9.18 Å². The summed E-state index contributed by atoms with van der Waals surface area (Å²) in [6, 6.07) is 4.43. The lowest BCUT2D eigenvalue weighted by Gasteiger charge is -2.03. The molecule has 2 heterocycles. The summed E-state index contributed by atoms with van der Waals surface area (Å²) in [5.74, 6) is -0.392. The van der Waals surface area contributed by atoms with Gasteiger partial charge in [-0.05, 0) is 24.6 Å². The summed E-state index contributed by atoms with van der Waals surface area (Å²) in [7, 11) is 0. The number of benzene rings is 1. The molecule has 3 rings (SSSR count). The maximum atomic E-state index is 13.2. The van der Waals surface area contributed by atoms with E-state index in [9.17, 15) is 9.18 Å². The minimum absolute atomic E-state index is 0.0649. The van der Waals surface area contributed by atoms with Crippen molar-refractivity contribution in [3.05, 3.63) is 42.0 Å². The van der Waals surface area contributed by atoms with E-state index in [2.05, 4.69) is 4.98 Å². The Kier molecular flexibility index (Phi) is 2.20. The second-order valence-electron chi connectivity index (χ2n) is 4.38. The number of pyridine rings is 1. The number of halogens is 1. The quantitative estimate of drug-likeness (QED) is 0.606. The van der Waals surface area contributed by atoms with Crippen LogP contribution in [0.2, 0.25) is 0 Å². The molecule has 2 aromatic heterocycles. The van der Waals surface area contributed by atoms with Crippen molar-refractivity contribution in [3.8, 4) is 0 Å². The molecule has 0 bridgehead atoms. The van der Waals surface area contributed by atoms with Gasteiger partial charge in [-0.25, -0.2) is 4.39 Å². The van der Waals surface area contributed by atoms with Crippen LogP contribution in [0, 0.1) is 12.7 Å². The van der Waals surface area contributed by atoms with Crippen LogP contribution in [0.5, 0.6) is 0 Å². The average Bonchev–Trinajstić information content (AvgIpc) is 2.67. The number of carbonyl (C=O) groups excluding carboxylic acids is 1. The number of aromatic nitrogens is 2. The predicted octanol–water partition coefficient (Wildman–Crippen LogP) is 3.30. The highest BCUT2D eigenvalue weighted by Gasteiger charge is 2.12. The highest BCUT2D eigenvalue weighted by molar-refractivity contribution is 6.08. The second-order valence-corrected chi connectivity index (χ2v) is 4.38. The molecule has 0 spiro atoms. The summed E-state index contributed by atoms with van der Waals surface area (Å²) in [6.07, 6.45) is 3.48. The largest absolute Gasteiger partial charge is 0.286 e. The van der Waals surface area contributed by atoms with Crippen LogP contribution < -0.4 is 0 Å². The molecular formula is C14H11FN2O. The Labute approximate surface area is 103 Å². The molecule has 90 valence electrons. The van der Waals surface area contributed by atoms with Crippen molar-refractivity contribution in [3.63, 3.8) is 0 Å². The number of nitrogens with zero attached hydrogens (tertiary/aromatic N) is 2. The van der Waals surface area contributed by atoms with Crippen molar-refractivity contribution in [1.82, 2.24) is 9.55 Å². The van der Waals surface area contributed by atoms with Crippen LogP contribution in [0.25, 0.3) is 21.8 Å². The molecule has 1 aromatic carbocycles. The van der Waals surface area contributed by atoms with Gasteiger partial charge in [0.1, 0.15) is 5.82 Å². The first-order valence-corrected chi connectivity index (χ1v) is 5.65. The van der Waals surface area contributed by atoms with Gasteiger partial charge in [0.2, 0.25) is 5.91 Å². The van der Waals surface area contributed by atoms with Gasteiger partial charge in [0.05, 0.1) is 11.0 Å². The molecule has 3 aromatic rings. The smallest absolute Gasteiger partial charge is 0.227 e. The number of hydrogen-bond donors (Lipinski definition) is 0. The summed E-state index contributed by atoms with van der Waals surface area (Å²) in [5, 5.41) is 1.71. The molecule has 0 aliphatic carbocycles. The van der Waals surface area contributed by atoms with E-state index in [0.717, 1.165) is 21.9 Å². The summed E-state index contributed by atoms with van der Waals surface area (Å²) >= 11 is 0. The standard InChI is InChI=1S/C14H11FN2O/c1-8-7-17(9(2)18)14-11-4-3-10(15)5-13(11)16-6-12(8)14/h3-7H,1-2H3. The lowest BCUT2D eigenvalue weighted by atomic mass is 10.1. The number of aryl methyl sites for hydroxylation is 1. The highest BCUT2D eigenvalue weighted by Crippen LogP contribution is 2.27. The van der Waals surface area contributed by atoms with Crippen molar-refractivity contribution >= 4 is 27.7 Å². The van der Waals surface area contributed by atoms with Crippen LogP contribution >= 0.6 is 0 Å². The molecule has 0 aliphatic rings. The molecule has 0 saturated carbocycles. The van der Waals surface area contributed by atoms with Crippen LogP contribution in [0.4, 0.5) is 4.39 Å². The molecule has 3 nitrogen and oxygen atoms in total. The maximum absolute atomic E-state index is 13.2. The summed E-state index contributed by atoms with van der Waals surface area (Å²) in [4.78, 5) is 15.9. The molecule has 18 heavy (non-hydrogen) atoms. The molecular weight excluding hydrogens is 231 g/mol. The van der Waals surface area contributed by atoms with E-state index in [4.69, 9.17) is 0 Å². The van der Waals surface area contributed by atoms with Gasteiger partial charge in [0.15, 0.2) is 0 Å². The van der Waals surface area contributed by atoms with Crippen LogP contribution in [0.15, 0.2) is 30.6 Å². The Balaban J connectivity index is 2.56. The van der Waals surface area contributed by atoms with Gasteiger partial charge in [0.25, 0.3) is 0 Å². The second kappa shape index (κ2) is 3.63. The summed E-state index contributed by atoms with van der Waals surface area (Å²) in [5.41, 5.74) is 2.34. The molecule has 0 radical (unpaired) electrons. The van der Waals surface area contributed by atoms with E-state index in [1.165, 1.54) is 19.1 Å². The van der Waals surface area contributed by atoms with Crippen LogP contribution in [-0.2, 0) is 0 Å². The molecule has 0 aliphatic heterocycles. The molecule has 4 heteroatoms. The Bertz CT molecular complexity index is 789. The fourth-order valence-electron chi connectivity index (χ4n) is 2.28. The molecule has 0 amide bonds. The third kappa shape index (κ3) is 1.42. The number of carbonyl (C=O) groups is 1. The van der Waals surface area contributed by atoms with Gasteiger partial charge in [-0.1, -0.05) is 0 Å². The monoisotopic (exact) mass is 242 g/mol. The van der Waals surface area contributed by atoms with Crippen molar-refractivity contribution in [1.29, 1.82) is 0 Å². The molecule has 0 N–H and O–H groups in total. The van der Waals surface area contributed by atoms with Gasteiger partial charge in [0, 0.05) is 36.2 Å². The number of fused-ring (bicyclic) bond motifs is 3. The molecule has 0 saturated heterocycles. The van der Waals surface area contributed by atoms with Crippen molar-refractivity contribution in [2.24, 2.45) is 0 Å². The topological polar surface area (TPSA) is 34.9 Å². The first-order valence-electron chi connectivity index (χ1n) is 5.65. The molecule has 0 fully saturated rings. The lowest BCUT2D eigenvalue weighted by Crippen LogP contribution is -2.03. The normalized spacial score (nSPS) is 11.3. The first kappa shape index (κ1) is 10.9. The fraction of sp³-hybridized carbons (Fsp3) is 0.143. The van der Waals surface area contributed by atoms with E-state index in [-0.39, 0.29) is 11.7 Å². The van der Waals surface area contributed by atoms with E-state index >= 15 is 0 Å². The van der Waals surface area contributed by atoms with E-state index in [1.807, 2.05) is 6.92 Å². The Morgan fingerprint density at radius 2 is 2.11 bits per heavy atom. The zero-order chi connectivity index (χ0) is 12.9. The molecule has 0 unspecified atom stereocenters. The van der Waals surface area contributed by atoms with Gasteiger partial charge in [-0.15, -0.1) is 0 Å². The lowest BCUT2D eigenvalue weighted by molar-refractivity contribution is 0.0941. The van der Waals surface area contributed by atoms with E-state index in [1.54, 1.807) is 23.0 Å². The summed E-state index contributed by atoms with van der Waals surface area (Å²) < 4.78 is 14.8. The van der Waals surface area contributed by atoms with Gasteiger partial charge in [-0.2, -0.15) is 0 Å². The van der Waals surface area contributed by atoms with Crippen LogP contribution in [0.1, 0.15) is 17.3 Å². The highest BCUT2D eigenvalue weighted by atomic mass is 19.1. The molecule has 0 atom stereocenters. The SMILES string of the molecule is CC(=O)n1cc(C)c2cnc3cc(F)ccc3c21. The van der Waals surface area contributed by atoms with Crippen molar-refractivity contribution in [2.75, 3.05) is 0 Å². The number of hydrogen-bond acceptors (Lipinski definition) is 2. The van der Waals surface area contributed by atoms with Gasteiger partial charge in [-0.3, -0.25) is 14.3 Å². The zero-order valence-corrected chi connectivity index (χ0v) is 10.1.